The highest BCUT2D eigenvalue weighted by atomic mass is 35.5. The summed E-state index contributed by atoms with van der Waals surface area (Å²) in [7, 11) is -2.03. The Morgan fingerprint density at radius 2 is 1.86 bits per heavy atom. The van der Waals surface area contributed by atoms with Gasteiger partial charge in [0, 0.05) is 23.4 Å². The summed E-state index contributed by atoms with van der Waals surface area (Å²) < 4.78 is 30.1. The number of benzene rings is 2. The molecule has 0 aliphatic heterocycles. The van der Waals surface area contributed by atoms with Crippen molar-refractivity contribution < 1.29 is 8.42 Å². The number of nitrogens with zero attached hydrogens (tertiary/aromatic N) is 3. The fraction of sp³-hybridized carbons (Fsp3) is 0.158. The number of anilines is 2. The van der Waals surface area contributed by atoms with Gasteiger partial charge in [0.05, 0.1) is 10.6 Å². The molecule has 0 amide bonds. The number of hydrogen-bond donors (Lipinski definition) is 2. The van der Waals surface area contributed by atoms with Gasteiger partial charge < -0.3 is 5.32 Å². The number of aromatic nitrogens is 3. The summed E-state index contributed by atoms with van der Waals surface area (Å²) in [5, 5.41) is 7.77. The Hall–Kier alpha value is -2.84. The summed E-state index contributed by atoms with van der Waals surface area (Å²) in [6, 6.07) is 11.6. The van der Waals surface area contributed by atoms with Crippen molar-refractivity contribution in [2.24, 2.45) is 7.05 Å². The van der Waals surface area contributed by atoms with Crippen molar-refractivity contribution in [3.63, 3.8) is 0 Å². The molecule has 0 aliphatic carbocycles. The van der Waals surface area contributed by atoms with Crippen molar-refractivity contribution in [1.29, 1.82) is 0 Å². The lowest BCUT2D eigenvalue weighted by Gasteiger charge is -2.14. The van der Waals surface area contributed by atoms with Crippen LogP contribution in [0.5, 0.6) is 0 Å². The van der Waals surface area contributed by atoms with E-state index in [0.717, 1.165) is 0 Å². The van der Waals surface area contributed by atoms with Crippen molar-refractivity contribution in [2.45, 2.75) is 18.2 Å². The minimum atomic E-state index is -3.79. The second-order valence-electron chi connectivity index (χ2n) is 6.13. The first-order valence-electron chi connectivity index (χ1n) is 8.52. The van der Waals surface area contributed by atoms with Gasteiger partial charge in [0.25, 0.3) is 10.0 Å². The highest BCUT2D eigenvalue weighted by Gasteiger charge is 2.19. The molecule has 0 spiro atoms. The first-order chi connectivity index (χ1) is 13.3. The van der Waals surface area contributed by atoms with Crippen LogP contribution in [0.3, 0.4) is 0 Å². The highest BCUT2D eigenvalue weighted by molar-refractivity contribution is 7.92. The van der Waals surface area contributed by atoms with Crippen LogP contribution in [0.25, 0.3) is 5.70 Å². The predicted molar refractivity (Wildman–Crippen MR) is 112 cm³/mol. The number of sulfonamides is 1. The molecule has 0 bridgehead atoms. The molecule has 0 fully saturated rings. The number of nitrogens with one attached hydrogen (secondary N) is 2. The molecule has 3 rings (SSSR count). The average molecular weight is 418 g/mol. The van der Waals surface area contributed by atoms with Gasteiger partial charge in [-0.05, 0) is 48.4 Å². The van der Waals surface area contributed by atoms with Gasteiger partial charge in [-0.25, -0.2) is 13.4 Å². The molecule has 0 unspecified atom stereocenters. The predicted octanol–water partition coefficient (Wildman–Crippen LogP) is 3.91. The summed E-state index contributed by atoms with van der Waals surface area (Å²) >= 11 is 5.86. The first-order valence-corrected chi connectivity index (χ1v) is 10.4. The Morgan fingerprint density at radius 1 is 1.18 bits per heavy atom. The first kappa shape index (κ1) is 19.9. The number of aryl methyl sites for hydroxylation is 2. The van der Waals surface area contributed by atoms with Crippen LogP contribution in [0.15, 0.2) is 60.3 Å². The monoisotopic (exact) mass is 417 g/mol. The minimum Gasteiger partial charge on any atom is -0.353 e. The lowest BCUT2D eigenvalue weighted by Crippen LogP contribution is -2.15. The molecule has 7 nitrogen and oxygen atoms in total. The molecule has 0 saturated carbocycles. The highest BCUT2D eigenvalue weighted by Crippen LogP contribution is 2.26. The van der Waals surface area contributed by atoms with E-state index in [4.69, 9.17) is 11.6 Å². The van der Waals surface area contributed by atoms with Gasteiger partial charge in [-0.2, -0.15) is 0 Å². The Morgan fingerprint density at radius 3 is 2.46 bits per heavy atom. The topological polar surface area (TPSA) is 88.9 Å². The molecule has 0 aliphatic rings. The Kier molecular flexibility index (Phi) is 5.71. The van der Waals surface area contributed by atoms with Crippen LogP contribution >= 0.6 is 11.6 Å². The van der Waals surface area contributed by atoms with Crippen LogP contribution < -0.4 is 10.0 Å². The van der Waals surface area contributed by atoms with E-state index in [1.807, 2.05) is 6.92 Å². The fourth-order valence-corrected chi connectivity index (χ4v) is 4.13. The third kappa shape index (κ3) is 4.52. The Labute approximate surface area is 169 Å². The van der Waals surface area contributed by atoms with E-state index >= 15 is 0 Å². The summed E-state index contributed by atoms with van der Waals surface area (Å²) in [6.07, 6.45) is 2.13. The second kappa shape index (κ2) is 8.04. The lowest BCUT2D eigenvalue weighted by molar-refractivity contribution is 0.600. The third-order valence-electron chi connectivity index (χ3n) is 4.00. The smallest absolute Gasteiger partial charge is 0.262 e. The molecule has 28 heavy (non-hydrogen) atoms. The van der Waals surface area contributed by atoms with Crippen LogP contribution in [-0.4, -0.2) is 23.2 Å². The van der Waals surface area contributed by atoms with Gasteiger partial charge in [0.1, 0.15) is 6.33 Å². The van der Waals surface area contributed by atoms with Gasteiger partial charge in [0.15, 0.2) is 5.82 Å². The number of rotatable bonds is 7. The zero-order valence-corrected chi connectivity index (χ0v) is 17.0. The molecule has 1 aromatic heterocycles. The molecule has 9 heteroatoms. The average Bonchev–Trinajstić information content (AvgIpc) is 3.10. The third-order valence-corrected chi connectivity index (χ3v) is 5.71. The van der Waals surface area contributed by atoms with E-state index < -0.39 is 10.0 Å². The van der Waals surface area contributed by atoms with Crippen molar-refractivity contribution in [2.75, 3.05) is 10.0 Å². The van der Waals surface area contributed by atoms with Gasteiger partial charge in [-0.1, -0.05) is 31.2 Å². The molecule has 1 heterocycles. The van der Waals surface area contributed by atoms with Gasteiger partial charge in [-0.3, -0.25) is 9.40 Å². The standard InChI is InChI=1S/C19H20ClN5O2S/c1-4-14-5-8-17(22-13(2)19-21-12-25(3)23-19)11-18(14)28(26,27)24-16-9-6-15(20)7-10-16/h5-12,22,24H,2,4H2,1,3H3. The SMILES string of the molecule is C=C(Nc1ccc(CC)c(S(=O)(=O)Nc2ccc(Cl)cc2)c1)c1ncn(C)n1. The van der Waals surface area contributed by atoms with E-state index in [2.05, 4.69) is 26.7 Å². The van der Waals surface area contributed by atoms with E-state index in [1.54, 1.807) is 60.5 Å². The Balaban J connectivity index is 1.89. The maximum absolute atomic E-state index is 13.0. The van der Waals surface area contributed by atoms with Crippen LogP contribution in [-0.2, 0) is 23.5 Å². The summed E-state index contributed by atoms with van der Waals surface area (Å²) in [5.74, 6) is 0.436. The lowest BCUT2D eigenvalue weighted by atomic mass is 10.1. The van der Waals surface area contributed by atoms with Crippen molar-refractivity contribution >= 4 is 38.7 Å². The summed E-state index contributed by atoms with van der Waals surface area (Å²) in [5.41, 5.74) is 2.19. The molecule has 2 aromatic carbocycles. The minimum absolute atomic E-state index is 0.191. The van der Waals surface area contributed by atoms with E-state index in [9.17, 15) is 8.42 Å². The maximum Gasteiger partial charge on any atom is 0.262 e. The zero-order valence-electron chi connectivity index (χ0n) is 15.5. The molecule has 146 valence electrons. The number of halogens is 1. The van der Waals surface area contributed by atoms with Crippen molar-refractivity contribution in [3.05, 3.63) is 71.8 Å². The molecular weight excluding hydrogens is 398 g/mol. The van der Waals surface area contributed by atoms with Crippen LogP contribution in [0, 0.1) is 0 Å². The van der Waals surface area contributed by atoms with Crippen molar-refractivity contribution in [3.8, 4) is 0 Å². The molecular formula is C19H20ClN5O2S. The fourth-order valence-electron chi connectivity index (χ4n) is 2.61. The van der Waals surface area contributed by atoms with E-state index in [0.29, 0.717) is 39.9 Å². The Bertz CT molecular complexity index is 1110. The molecule has 0 radical (unpaired) electrons. The second-order valence-corrected chi connectivity index (χ2v) is 8.22. The largest absolute Gasteiger partial charge is 0.353 e. The van der Waals surface area contributed by atoms with Gasteiger partial charge in [0.2, 0.25) is 0 Å². The van der Waals surface area contributed by atoms with Crippen molar-refractivity contribution in [1.82, 2.24) is 14.8 Å². The van der Waals surface area contributed by atoms with E-state index in [-0.39, 0.29) is 4.90 Å². The summed E-state index contributed by atoms with van der Waals surface area (Å²) in [4.78, 5) is 4.32. The zero-order chi connectivity index (χ0) is 20.3. The van der Waals surface area contributed by atoms with Crippen LogP contribution in [0.2, 0.25) is 5.02 Å². The van der Waals surface area contributed by atoms with Crippen LogP contribution in [0.1, 0.15) is 18.3 Å². The molecule has 0 atom stereocenters. The quantitative estimate of drug-likeness (QED) is 0.608. The van der Waals surface area contributed by atoms with E-state index in [1.165, 1.54) is 0 Å². The molecule has 0 saturated heterocycles. The number of hydrogen-bond acceptors (Lipinski definition) is 5. The van der Waals surface area contributed by atoms with Gasteiger partial charge >= 0.3 is 0 Å². The molecule has 3 aromatic rings. The van der Waals surface area contributed by atoms with Gasteiger partial charge in [-0.15, -0.1) is 5.10 Å². The maximum atomic E-state index is 13.0. The normalized spacial score (nSPS) is 11.2. The molecule has 2 N–H and O–H groups in total. The summed E-state index contributed by atoms with van der Waals surface area (Å²) in [6.45, 7) is 5.82. The van der Waals surface area contributed by atoms with Crippen LogP contribution in [0.4, 0.5) is 11.4 Å².